The standard InChI is InChI=1S/C14H13N3O/c15-8-11-7-13(17)5-6-14(11)18-9-10-1-3-12(16)4-2-10/h1-7H,9,16-17H2. The van der Waals surface area contributed by atoms with Crippen LogP contribution in [0.2, 0.25) is 0 Å². The largest absolute Gasteiger partial charge is 0.488 e. The van der Waals surface area contributed by atoms with E-state index in [4.69, 9.17) is 21.5 Å². The molecule has 0 amide bonds. The number of anilines is 2. The number of nitrogens with zero attached hydrogens (tertiary/aromatic N) is 1. The first-order valence-corrected chi connectivity index (χ1v) is 5.46. The van der Waals surface area contributed by atoms with E-state index in [1.807, 2.05) is 24.3 Å². The molecule has 0 fully saturated rings. The highest BCUT2D eigenvalue weighted by Gasteiger charge is 2.04. The Morgan fingerprint density at radius 2 is 1.67 bits per heavy atom. The van der Waals surface area contributed by atoms with Crippen molar-refractivity contribution in [2.75, 3.05) is 11.5 Å². The van der Waals surface area contributed by atoms with Gasteiger partial charge in [-0.3, -0.25) is 0 Å². The summed E-state index contributed by atoms with van der Waals surface area (Å²) in [4.78, 5) is 0. The molecular weight excluding hydrogens is 226 g/mol. The third-order valence-electron chi connectivity index (χ3n) is 2.50. The number of hydrogen-bond acceptors (Lipinski definition) is 4. The number of benzene rings is 2. The fraction of sp³-hybridized carbons (Fsp3) is 0.0714. The molecule has 4 N–H and O–H groups in total. The van der Waals surface area contributed by atoms with E-state index in [1.165, 1.54) is 0 Å². The second-order valence-corrected chi connectivity index (χ2v) is 3.90. The lowest BCUT2D eigenvalue weighted by molar-refractivity contribution is 0.305. The van der Waals surface area contributed by atoms with E-state index < -0.39 is 0 Å². The van der Waals surface area contributed by atoms with Crippen LogP contribution in [0.4, 0.5) is 11.4 Å². The molecular formula is C14H13N3O. The minimum Gasteiger partial charge on any atom is -0.488 e. The minimum absolute atomic E-state index is 0.388. The summed E-state index contributed by atoms with van der Waals surface area (Å²) in [6.45, 7) is 0.388. The fourth-order valence-corrected chi connectivity index (χ4v) is 1.54. The number of nitrogen functional groups attached to an aromatic ring is 2. The molecule has 4 nitrogen and oxygen atoms in total. The second-order valence-electron chi connectivity index (χ2n) is 3.90. The van der Waals surface area contributed by atoms with Gasteiger partial charge in [-0.1, -0.05) is 12.1 Å². The zero-order chi connectivity index (χ0) is 13.0. The molecule has 0 bridgehead atoms. The highest BCUT2D eigenvalue weighted by atomic mass is 16.5. The van der Waals surface area contributed by atoms with Crippen molar-refractivity contribution in [1.29, 1.82) is 5.26 Å². The van der Waals surface area contributed by atoms with E-state index in [9.17, 15) is 0 Å². The molecule has 2 aromatic carbocycles. The molecule has 0 heterocycles. The van der Waals surface area contributed by atoms with Crippen LogP contribution >= 0.6 is 0 Å². The molecule has 0 spiro atoms. The van der Waals surface area contributed by atoms with Crippen molar-refractivity contribution in [2.24, 2.45) is 0 Å². The van der Waals surface area contributed by atoms with Gasteiger partial charge in [-0.2, -0.15) is 5.26 Å². The first-order valence-electron chi connectivity index (χ1n) is 5.46. The normalized spacial score (nSPS) is 9.72. The molecule has 18 heavy (non-hydrogen) atoms. The Balaban J connectivity index is 2.11. The van der Waals surface area contributed by atoms with Gasteiger partial charge in [-0.05, 0) is 35.9 Å². The zero-order valence-electron chi connectivity index (χ0n) is 9.76. The van der Waals surface area contributed by atoms with Crippen LogP contribution in [0.5, 0.6) is 5.75 Å². The first kappa shape index (κ1) is 11.8. The van der Waals surface area contributed by atoms with Gasteiger partial charge in [-0.15, -0.1) is 0 Å². The highest BCUT2D eigenvalue weighted by Crippen LogP contribution is 2.21. The van der Waals surface area contributed by atoms with Gasteiger partial charge in [0.25, 0.3) is 0 Å². The van der Waals surface area contributed by atoms with Crippen LogP contribution < -0.4 is 16.2 Å². The second kappa shape index (κ2) is 5.11. The van der Waals surface area contributed by atoms with E-state index >= 15 is 0 Å². The summed E-state index contributed by atoms with van der Waals surface area (Å²) in [6.07, 6.45) is 0. The Morgan fingerprint density at radius 1 is 1.00 bits per heavy atom. The van der Waals surface area contributed by atoms with Gasteiger partial charge in [-0.25, -0.2) is 0 Å². The topological polar surface area (TPSA) is 85.1 Å². The van der Waals surface area contributed by atoms with Crippen LogP contribution in [0, 0.1) is 11.3 Å². The van der Waals surface area contributed by atoms with Crippen LogP contribution in [0.3, 0.4) is 0 Å². The lowest BCUT2D eigenvalue weighted by atomic mass is 10.2. The summed E-state index contributed by atoms with van der Waals surface area (Å²) in [7, 11) is 0. The zero-order valence-corrected chi connectivity index (χ0v) is 9.76. The molecule has 0 aliphatic carbocycles. The van der Waals surface area contributed by atoms with Crippen molar-refractivity contribution in [3.8, 4) is 11.8 Å². The molecule has 0 saturated carbocycles. The average Bonchev–Trinajstić information content (AvgIpc) is 2.39. The number of nitriles is 1. The molecule has 0 aliphatic rings. The van der Waals surface area contributed by atoms with E-state index in [0.29, 0.717) is 29.3 Å². The van der Waals surface area contributed by atoms with Crippen LogP contribution in [0.15, 0.2) is 42.5 Å². The van der Waals surface area contributed by atoms with Crippen LogP contribution in [0.1, 0.15) is 11.1 Å². The molecule has 90 valence electrons. The maximum Gasteiger partial charge on any atom is 0.137 e. The Labute approximate surface area is 105 Å². The Hall–Kier alpha value is -2.67. The van der Waals surface area contributed by atoms with Crippen LogP contribution in [0.25, 0.3) is 0 Å². The Morgan fingerprint density at radius 3 is 2.33 bits per heavy atom. The summed E-state index contributed by atoms with van der Waals surface area (Å²) in [5.74, 6) is 0.531. The SMILES string of the molecule is N#Cc1cc(N)ccc1OCc1ccc(N)cc1. The molecule has 0 aromatic heterocycles. The van der Waals surface area contributed by atoms with Crippen molar-refractivity contribution < 1.29 is 4.74 Å². The number of ether oxygens (including phenoxy) is 1. The monoisotopic (exact) mass is 239 g/mol. The van der Waals surface area contributed by atoms with E-state index in [0.717, 1.165) is 5.56 Å². The first-order chi connectivity index (χ1) is 8.69. The predicted octanol–water partition coefficient (Wildman–Crippen LogP) is 2.30. The quantitative estimate of drug-likeness (QED) is 0.805. The van der Waals surface area contributed by atoms with E-state index in [1.54, 1.807) is 18.2 Å². The van der Waals surface area contributed by atoms with Crippen molar-refractivity contribution in [3.05, 3.63) is 53.6 Å². The molecule has 0 aliphatic heterocycles. The maximum absolute atomic E-state index is 8.97. The highest BCUT2D eigenvalue weighted by molar-refractivity contribution is 5.53. The van der Waals surface area contributed by atoms with Crippen molar-refractivity contribution in [1.82, 2.24) is 0 Å². The lowest BCUT2D eigenvalue weighted by Gasteiger charge is -2.08. The Bertz CT molecular complexity index is 585. The molecule has 0 radical (unpaired) electrons. The van der Waals surface area contributed by atoms with Crippen LogP contribution in [-0.4, -0.2) is 0 Å². The van der Waals surface area contributed by atoms with Crippen molar-refractivity contribution in [2.45, 2.75) is 6.61 Å². The molecule has 0 atom stereocenters. The molecule has 0 unspecified atom stereocenters. The van der Waals surface area contributed by atoms with Crippen LogP contribution in [-0.2, 0) is 6.61 Å². The van der Waals surface area contributed by atoms with E-state index in [2.05, 4.69) is 6.07 Å². The summed E-state index contributed by atoms with van der Waals surface area (Å²) < 4.78 is 5.59. The Kier molecular flexibility index (Phi) is 3.35. The molecule has 4 heteroatoms. The van der Waals surface area contributed by atoms with Gasteiger partial charge in [0, 0.05) is 11.4 Å². The van der Waals surface area contributed by atoms with Gasteiger partial charge >= 0.3 is 0 Å². The summed E-state index contributed by atoms with van der Waals surface area (Å²) in [6, 6.07) is 14.5. The summed E-state index contributed by atoms with van der Waals surface area (Å²) in [5, 5.41) is 8.97. The predicted molar refractivity (Wildman–Crippen MR) is 70.8 cm³/mol. The van der Waals surface area contributed by atoms with Crippen molar-refractivity contribution in [3.63, 3.8) is 0 Å². The molecule has 2 rings (SSSR count). The number of rotatable bonds is 3. The summed E-state index contributed by atoms with van der Waals surface area (Å²) >= 11 is 0. The van der Waals surface area contributed by atoms with E-state index in [-0.39, 0.29) is 0 Å². The third kappa shape index (κ3) is 2.71. The average molecular weight is 239 g/mol. The van der Waals surface area contributed by atoms with Gasteiger partial charge in [0.15, 0.2) is 0 Å². The smallest absolute Gasteiger partial charge is 0.137 e. The summed E-state index contributed by atoms with van der Waals surface area (Å²) in [5.41, 5.74) is 13.9. The van der Waals surface area contributed by atoms with Gasteiger partial charge in [0.05, 0.1) is 5.56 Å². The number of hydrogen-bond donors (Lipinski definition) is 2. The number of nitrogens with two attached hydrogens (primary N) is 2. The fourth-order valence-electron chi connectivity index (χ4n) is 1.54. The van der Waals surface area contributed by atoms with Gasteiger partial charge < -0.3 is 16.2 Å². The lowest BCUT2D eigenvalue weighted by Crippen LogP contribution is -1.98. The van der Waals surface area contributed by atoms with Gasteiger partial charge in [0.1, 0.15) is 18.4 Å². The third-order valence-corrected chi connectivity index (χ3v) is 2.50. The minimum atomic E-state index is 0.388. The van der Waals surface area contributed by atoms with Gasteiger partial charge in [0.2, 0.25) is 0 Å². The van der Waals surface area contributed by atoms with Crippen molar-refractivity contribution >= 4 is 11.4 Å². The molecule has 2 aromatic rings. The molecule has 0 saturated heterocycles. The maximum atomic E-state index is 8.97.